The van der Waals surface area contributed by atoms with Crippen LogP contribution in [-0.2, 0) is 6.42 Å². The van der Waals surface area contributed by atoms with Crippen molar-refractivity contribution < 1.29 is 13.3 Å². The van der Waals surface area contributed by atoms with Crippen LogP contribution in [0.1, 0.15) is 36.2 Å². The Labute approximate surface area is 187 Å². The van der Waals surface area contributed by atoms with Gasteiger partial charge in [-0.2, -0.15) is 9.50 Å². The number of halogens is 1. The molecule has 166 valence electrons. The number of hydrogen-bond acceptors (Lipinski definition) is 9. The van der Waals surface area contributed by atoms with Crippen LogP contribution in [0.5, 0.6) is 0 Å². The van der Waals surface area contributed by atoms with Gasteiger partial charge in [-0.05, 0) is 49.2 Å². The topological polar surface area (TPSA) is 111 Å². The van der Waals surface area contributed by atoms with Gasteiger partial charge in [0.05, 0.1) is 12.1 Å². The number of fused-ring (bicyclic) bond motifs is 1. The van der Waals surface area contributed by atoms with Crippen molar-refractivity contribution in [1.29, 1.82) is 0 Å². The summed E-state index contributed by atoms with van der Waals surface area (Å²) in [4.78, 5) is 11.3. The van der Waals surface area contributed by atoms with Crippen molar-refractivity contribution in [2.24, 2.45) is 0 Å². The highest BCUT2D eigenvalue weighted by atomic mass is 19.1. The molecule has 1 saturated heterocycles. The minimum absolute atomic E-state index is 0.202. The highest BCUT2D eigenvalue weighted by molar-refractivity contribution is 5.52. The summed E-state index contributed by atoms with van der Waals surface area (Å²) in [5.74, 6) is 2.44. The minimum Gasteiger partial charge on any atom is -0.444 e. The van der Waals surface area contributed by atoms with E-state index in [1.807, 2.05) is 12.1 Å². The number of piperidine rings is 1. The van der Waals surface area contributed by atoms with Gasteiger partial charge in [0.15, 0.2) is 11.5 Å². The third-order valence-corrected chi connectivity index (χ3v) is 5.78. The lowest BCUT2D eigenvalue weighted by molar-refractivity contribution is 0.326. The van der Waals surface area contributed by atoms with Crippen molar-refractivity contribution in [2.45, 2.75) is 25.2 Å². The third-order valence-electron chi connectivity index (χ3n) is 5.78. The predicted octanol–water partition coefficient (Wildman–Crippen LogP) is 3.28. The zero-order valence-electron chi connectivity index (χ0n) is 17.5. The molecule has 5 heterocycles. The van der Waals surface area contributed by atoms with E-state index in [0.717, 1.165) is 37.4 Å². The first-order valence-electron chi connectivity index (χ1n) is 10.7. The molecule has 0 atom stereocenters. The molecule has 1 aromatic carbocycles. The van der Waals surface area contributed by atoms with Crippen LogP contribution in [-0.4, -0.2) is 48.0 Å². The van der Waals surface area contributed by atoms with Gasteiger partial charge in [0.1, 0.15) is 24.2 Å². The molecule has 1 aliphatic rings. The second-order valence-electron chi connectivity index (χ2n) is 7.96. The number of nitrogens with zero attached hydrogens (tertiary/aromatic N) is 8. The number of hydrogen-bond donors (Lipinski definition) is 0. The van der Waals surface area contributed by atoms with Crippen LogP contribution < -0.4 is 4.90 Å². The fourth-order valence-electron chi connectivity index (χ4n) is 4.02. The SMILES string of the molecule is Fc1ccc(-c2nc(Cc3noc(C4CCN(c5ccc6nncn6n5)CC4)n3)co2)cc1. The maximum absolute atomic E-state index is 13.1. The molecule has 1 aliphatic heterocycles. The number of rotatable bonds is 5. The van der Waals surface area contributed by atoms with Gasteiger partial charge in [0, 0.05) is 24.6 Å². The maximum Gasteiger partial charge on any atom is 0.229 e. The zero-order valence-corrected chi connectivity index (χ0v) is 17.5. The number of anilines is 1. The Morgan fingerprint density at radius 2 is 1.88 bits per heavy atom. The Morgan fingerprint density at radius 3 is 2.73 bits per heavy atom. The van der Waals surface area contributed by atoms with Crippen LogP contribution in [0, 0.1) is 5.82 Å². The lowest BCUT2D eigenvalue weighted by Gasteiger charge is -2.31. The molecule has 5 aromatic rings. The highest BCUT2D eigenvalue weighted by Crippen LogP contribution is 2.29. The smallest absolute Gasteiger partial charge is 0.229 e. The van der Waals surface area contributed by atoms with E-state index >= 15 is 0 Å². The van der Waals surface area contributed by atoms with Crippen LogP contribution in [0.3, 0.4) is 0 Å². The van der Waals surface area contributed by atoms with Crippen molar-refractivity contribution in [2.75, 3.05) is 18.0 Å². The zero-order chi connectivity index (χ0) is 22.2. The summed E-state index contributed by atoms with van der Waals surface area (Å²) in [6.07, 6.45) is 5.34. The molecule has 0 bridgehead atoms. The molecule has 11 heteroatoms. The molecule has 0 spiro atoms. The van der Waals surface area contributed by atoms with Gasteiger partial charge in [0.2, 0.25) is 11.8 Å². The summed E-state index contributed by atoms with van der Waals surface area (Å²) < 4.78 is 25.9. The first-order chi connectivity index (χ1) is 16.2. The molecule has 0 amide bonds. The summed E-state index contributed by atoms with van der Waals surface area (Å²) in [6.45, 7) is 1.68. The molecule has 6 rings (SSSR count). The Hall–Kier alpha value is -4.15. The summed E-state index contributed by atoms with van der Waals surface area (Å²) >= 11 is 0. The predicted molar refractivity (Wildman–Crippen MR) is 114 cm³/mol. The Morgan fingerprint density at radius 1 is 1.03 bits per heavy atom. The van der Waals surface area contributed by atoms with Gasteiger partial charge < -0.3 is 13.8 Å². The average molecular weight is 446 g/mol. The molecule has 10 nitrogen and oxygen atoms in total. The summed E-state index contributed by atoms with van der Waals surface area (Å²) in [7, 11) is 0. The molecular weight excluding hydrogens is 427 g/mol. The van der Waals surface area contributed by atoms with Crippen LogP contribution >= 0.6 is 0 Å². The van der Waals surface area contributed by atoms with Gasteiger partial charge >= 0.3 is 0 Å². The number of oxazole rings is 1. The summed E-state index contributed by atoms with van der Waals surface area (Å²) in [6, 6.07) is 9.89. The summed E-state index contributed by atoms with van der Waals surface area (Å²) in [5, 5.41) is 16.6. The van der Waals surface area contributed by atoms with Crippen LogP contribution in [0.25, 0.3) is 17.1 Å². The lowest BCUT2D eigenvalue weighted by Crippen LogP contribution is -2.33. The Bertz CT molecular complexity index is 1380. The van der Waals surface area contributed by atoms with E-state index in [9.17, 15) is 4.39 Å². The van der Waals surface area contributed by atoms with Gasteiger partial charge in [0.25, 0.3) is 0 Å². The second-order valence-corrected chi connectivity index (χ2v) is 7.96. The quantitative estimate of drug-likeness (QED) is 0.401. The van der Waals surface area contributed by atoms with Crippen molar-refractivity contribution in [3.8, 4) is 11.5 Å². The Kier molecular flexibility index (Phi) is 4.78. The molecule has 0 N–H and O–H groups in total. The molecule has 0 aliphatic carbocycles. The van der Waals surface area contributed by atoms with E-state index in [1.165, 1.54) is 12.1 Å². The fraction of sp³-hybridized carbons (Fsp3) is 0.273. The van der Waals surface area contributed by atoms with Gasteiger partial charge in [-0.3, -0.25) is 0 Å². The molecule has 33 heavy (non-hydrogen) atoms. The summed E-state index contributed by atoms with van der Waals surface area (Å²) in [5.41, 5.74) is 2.12. The number of benzene rings is 1. The largest absolute Gasteiger partial charge is 0.444 e. The number of aromatic nitrogens is 7. The normalized spacial score (nSPS) is 14.9. The van der Waals surface area contributed by atoms with Crippen LogP contribution in [0.15, 0.2) is 57.9 Å². The van der Waals surface area contributed by atoms with Gasteiger partial charge in [-0.25, -0.2) is 9.37 Å². The monoisotopic (exact) mass is 446 g/mol. The van der Waals surface area contributed by atoms with Crippen LogP contribution in [0.4, 0.5) is 10.2 Å². The first-order valence-corrected chi connectivity index (χ1v) is 10.7. The minimum atomic E-state index is -0.302. The Balaban J connectivity index is 1.09. The average Bonchev–Trinajstić information content (AvgIpc) is 3.61. The molecule has 4 aromatic heterocycles. The standard InChI is InChI=1S/C22H19FN8O2/c23-16-3-1-14(2-4-16)21-25-17(12-32-21)11-18-26-22(33-29-18)15-7-9-30(10-8-15)20-6-5-19-27-24-13-31(19)28-20/h1-6,12-13,15H,7-11H2. The molecular formula is C22H19FN8O2. The molecule has 0 unspecified atom stereocenters. The second kappa shape index (κ2) is 8.08. The van der Waals surface area contributed by atoms with E-state index in [-0.39, 0.29) is 11.7 Å². The van der Waals surface area contributed by atoms with Crippen LogP contribution in [0.2, 0.25) is 0 Å². The molecule has 0 saturated carbocycles. The van der Waals surface area contributed by atoms with Gasteiger partial charge in [-0.1, -0.05) is 5.16 Å². The van der Waals surface area contributed by atoms with E-state index in [0.29, 0.717) is 35.3 Å². The fourth-order valence-corrected chi connectivity index (χ4v) is 4.02. The van der Waals surface area contributed by atoms with E-state index in [4.69, 9.17) is 8.94 Å². The van der Waals surface area contributed by atoms with E-state index in [1.54, 1.807) is 29.2 Å². The molecule has 0 radical (unpaired) electrons. The lowest BCUT2D eigenvalue weighted by atomic mass is 9.97. The third kappa shape index (κ3) is 3.93. The molecule has 1 fully saturated rings. The van der Waals surface area contributed by atoms with Gasteiger partial charge in [-0.15, -0.1) is 15.3 Å². The van der Waals surface area contributed by atoms with E-state index < -0.39 is 0 Å². The van der Waals surface area contributed by atoms with Crippen molar-refractivity contribution >= 4 is 11.5 Å². The first kappa shape index (κ1) is 19.5. The van der Waals surface area contributed by atoms with Crippen molar-refractivity contribution in [3.05, 3.63) is 72.2 Å². The van der Waals surface area contributed by atoms with Crippen molar-refractivity contribution in [1.82, 2.24) is 34.9 Å². The maximum atomic E-state index is 13.1. The highest BCUT2D eigenvalue weighted by Gasteiger charge is 2.26. The van der Waals surface area contributed by atoms with Crippen molar-refractivity contribution in [3.63, 3.8) is 0 Å². The van der Waals surface area contributed by atoms with E-state index in [2.05, 4.69) is 35.3 Å².